The molecule has 0 bridgehead atoms. The topological polar surface area (TPSA) is 55.4 Å². The third-order valence-corrected chi connectivity index (χ3v) is 3.51. The van der Waals surface area contributed by atoms with Gasteiger partial charge in [-0.25, -0.2) is 13.1 Å². The average molecular weight is 215 g/mol. The highest BCUT2D eigenvalue weighted by Gasteiger charge is 2.14. The van der Waals surface area contributed by atoms with Gasteiger partial charge in [0.05, 0.1) is 12.0 Å². The first-order valence-electron chi connectivity index (χ1n) is 4.09. The summed E-state index contributed by atoms with van der Waals surface area (Å²) in [5.41, 5.74) is 0.665. The number of rotatable bonds is 3. The average Bonchev–Trinajstić information content (AvgIpc) is 2.17. The zero-order valence-corrected chi connectivity index (χ0v) is 9.18. The predicted molar refractivity (Wildman–Crippen MR) is 54.0 cm³/mol. The van der Waals surface area contributed by atoms with Gasteiger partial charge in [-0.2, -0.15) is 0 Å². The van der Waals surface area contributed by atoms with Crippen molar-refractivity contribution in [1.82, 2.24) is 4.72 Å². The van der Waals surface area contributed by atoms with E-state index in [1.54, 1.807) is 26.2 Å². The Hall–Kier alpha value is -1.07. The van der Waals surface area contributed by atoms with E-state index in [0.29, 0.717) is 11.3 Å². The highest BCUT2D eigenvalue weighted by Crippen LogP contribution is 2.20. The van der Waals surface area contributed by atoms with E-state index < -0.39 is 10.0 Å². The van der Waals surface area contributed by atoms with Gasteiger partial charge in [-0.3, -0.25) is 0 Å². The summed E-state index contributed by atoms with van der Waals surface area (Å²) < 4.78 is 30.2. The van der Waals surface area contributed by atoms with E-state index in [2.05, 4.69) is 4.72 Å². The molecule has 0 atom stereocenters. The van der Waals surface area contributed by atoms with Crippen molar-refractivity contribution in [3.63, 3.8) is 0 Å². The van der Waals surface area contributed by atoms with Crippen molar-refractivity contribution in [3.05, 3.63) is 23.8 Å². The standard InChI is InChI=1S/C9H13NO3S/c1-7-6-8(13-3)4-5-9(7)14(11,12)10-2/h4-6,10H,1-3H3. The molecule has 0 aliphatic rings. The van der Waals surface area contributed by atoms with Gasteiger partial charge in [0.15, 0.2) is 0 Å². The number of benzene rings is 1. The number of sulfonamides is 1. The second-order valence-electron chi connectivity index (χ2n) is 2.84. The van der Waals surface area contributed by atoms with Crippen LogP contribution in [-0.2, 0) is 10.0 Å². The smallest absolute Gasteiger partial charge is 0.240 e. The Morgan fingerprint density at radius 1 is 1.36 bits per heavy atom. The summed E-state index contributed by atoms with van der Waals surface area (Å²) in [6.45, 7) is 1.73. The molecule has 1 aromatic carbocycles. The molecule has 0 heterocycles. The Balaban J connectivity index is 3.26. The quantitative estimate of drug-likeness (QED) is 0.815. The highest BCUT2D eigenvalue weighted by atomic mass is 32.2. The van der Waals surface area contributed by atoms with Gasteiger partial charge in [0.25, 0.3) is 0 Å². The molecule has 0 unspecified atom stereocenters. The van der Waals surface area contributed by atoms with E-state index in [1.165, 1.54) is 13.1 Å². The van der Waals surface area contributed by atoms with E-state index in [-0.39, 0.29) is 4.90 Å². The van der Waals surface area contributed by atoms with Gasteiger partial charge < -0.3 is 4.74 Å². The normalized spacial score (nSPS) is 11.4. The monoisotopic (exact) mass is 215 g/mol. The Kier molecular flexibility index (Phi) is 3.13. The lowest BCUT2D eigenvalue weighted by Gasteiger charge is -2.07. The lowest BCUT2D eigenvalue weighted by Crippen LogP contribution is -2.19. The molecular weight excluding hydrogens is 202 g/mol. The lowest BCUT2D eigenvalue weighted by atomic mass is 10.2. The van der Waals surface area contributed by atoms with E-state index in [0.717, 1.165) is 0 Å². The molecule has 4 nitrogen and oxygen atoms in total. The van der Waals surface area contributed by atoms with Crippen LogP contribution < -0.4 is 9.46 Å². The fourth-order valence-electron chi connectivity index (χ4n) is 1.16. The molecule has 0 saturated heterocycles. The molecule has 0 spiro atoms. The predicted octanol–water partition coefficient (Wildman–Crippen LogP) is 0.912. The minimum Gasteiger partial charge on any atom is -0.497 e. The number of nitrogens with one attached hydrogen (secondary N) is 1. The molecule has 5 heteroatoms. The largest absolute Gasteiger partial charge is 0.497 e. The van der Waals surface area contributed by atoms with Crippen LogP contribution in [0.3, 0.4) is 0 Å². The second-order valence-corrected chi connectivity index (χ2v) is 4.69. The molecule has 0 saturated carbocycles. The first kappa shape index (κ1) is 11.0. The molecule has 1 aromatic rings. The van der Waals surface area contributed by atoms with Gasteiger partial charge in [0, 0.05) is 0 Å². The zero-order chi connectivity index (χ0) is 10.8. The highest BCUT2D eigenvalue weighted by molar-refractivity contribution is 7.89. The van der Waals surface area contributed by atoms with Crippen molar-refractivity contribution in [3.8, 4) is 5.75 Å². The molecule has 0 fully saturated rings. The molecule has 1 N–H and O–H groups in total. The van der Waals surface area contributed by atoms with Gasteiger partial charge in [-0.1, -0.05) is 0 Å². The summed E-state index contributed by atoms with van der Waals surface area (Å²) in [5.74, 6) is 0.651. The van der Waals surface area contributed by atoms with Crippen molar-refractivity contribution in [2.75, 3.05) is 14.2 Å². The maximum atomic E-state index is 11.5. The van der Waals surface area contributed by atoms with Crippen LogP contribution in [0.5, 0.6) is 5.75 Å². The molecule has 0 aromatic heterocycles. The van der Waals surface area contributed by atoms with Gasteiger partial charge in [0.1, 0.15) is 5.75 Å². The molecule has 1 rings (SSSR count). The van der Waals surface area contributed by atoms with Crippen LogP contribution >= 0.6 is 0 Å². The van der Waals surface area contributed by atoms with Crippen LogP contribution in [-0.4, -0.2) is 22.6 Å². The summed E-state index contributed by atoms with van der Waals surface area (Å²) in [4.78, 5) is 0.279. The van der Waals surface area contributed by atoms with Crippen LogP contribution in [0.4, 0.5) is 0 Å². The minimum atomic E-state index is -3.36. The number of hydrogen-bond acceptors (Lipinski definition) is 3. The number of methoxy groups -OCH3 is 1. The van der Waals surface area contributed by atoms with Crippen molar-refractivity contribution in [1.29, 1.82) is 0 Å². The van der Waals surface area contributed by atoms with Gasteiger partial charge in [-0.15, -0.1) is 0 Å². The summed E-state index contributed by atoms with van der Waals surface area (Å²) in [5, 5.41) is 0. The molecule has 0 amide bonds. The van der Waals surface area contributed by atoms with Crippen molar-refractivity contribution in [2.45, 2.75) is 11.8 Å². The Labute approximate surface area is 84.0 Å². The Morgan fingerprint density at radius 3 is 2.43 bits per heavy atom. The SMILES string of the molecule is CNS(=O)(=O)c1ccc(OC)cc1C. The van der Waals surface area contributed by atoms with E-state index in [1.807, 2.05) is 0 Å². The van der Waals surface area contributed by atoms with E-state index in [4.69, 9.17) is 4.74 Å². The Bertz CT molecular complexity index is 426. The number of ether oxygens (including phenoxy) is 1. The molecule has 14 heavy (non-hydrogen) atoms. The first-order chi connectivity index (χ1) is 6.51. The van der Waals surface area contributed by atoms with Gasteiger partial charge in [0.2, 0.25) is 10.0 Å². The minimum absolute atomic E-state index is 0.279. The van der Waals surface area contributed by atoms with Crippen molar-refractivity contribution >= 4 is 10.0 Å². The fraction of sp³-hybridized carbons (Fsp3) is 0.333. The van der Waals surface area contributed by atoms with Crippen LogP contribution in [0.15, 0.2) is 23.1 Å². The maximum absolute atomic E-state index is 11.5. The van der Waals surface area contributed by atoms with E-state index >= 15 is 0 Å². The molecule has 78 valence electrons. The van der Waals surface area contributed by atoms with Crippen molar-refractivity contribution in [2.24, 2.45) is 0 Å². The van der Waals surface area contributed by atoms with E-state index in [9.17, 15) is 8.42 Å². The molecule has 0 radical (unpaired) electrons. The van der Waals surface area contributed by atoms with Crippen LogP contribution in [0.1, 0.15) is 5.56 Å². The number of aryl methyl sites for hydroxylation is 1. The van der Waals surface area contributed by atoms with Crippen molar-refractivity contribution < 1.29 is 13.2 Å². The number of hydrogen-bond donors (Lipinski definition) is 1. The lowest BCUT2D eigenvalue weighted by molar-refractivity contribution is 0.414. The maximum Gasteiger partial charge on any atom is 0.240 e. The summed E-state index contributed by atoms with van der Waals surface area (Å²) in [6, 6.07) is 4.83. The zero-order valence-electron chi connectivity index (χ0n) is 8.37. The first-order valence-corrected chi connectivity index (χ1v) is 5.58. The summed E-state index contributed by atoms with van der Waals surface area (Å²) in [6.07, 6.45) is 0. The Morgan fingerprint density at radius 2 is 2.00 bits per heavy atom. The third-order valence-electron chi connectivity index (χ3n) is 1.94. The summed E-state index contributed by atoms with van der Waals surface area (Å²) >= 11 is 0. The van der Waals surface area contributed by atoms with Crippen LogP contribution in [0.25, 0.3) is 0 Å². The van der Waals surface area contributed by atoms with Crippen LogP contribution in [0, 0.1) is 6.92 Å². The molecule has 0 aliphatic carbocycles. The van der Waals surface area contributed by atoms with Gasteiger partial charge >= 0.3 is 0 Å². The third kappa shape index (κ3) is 2.05. The second kappa shape index (κ2) is 3.98. The fourth-order valence-corrected chi connectivity index (χ4v) is 2.11. The van der Waals surface area contributed by atoms with Crippen LogP contribution in [0.2, 0.25) is 0 Å². The molecule has 0 aliphatic heterocycles. The summed E-state index contributed by atoms with van der Waals surface area (Å²) in [7, 11) is -0.429. The van der Waals surface area contributed by atoms with Gasteiger partial charge in [-0.05, 0) is 37.7 Å². The molecular formula is C9H13NO3S.